The minimum atomic E-state index is -3.50. The third-order valence-corrected chi connectivity index (χ3v) is 5.16. The molecule has 0 amide bonds. The molecular weight excluding hydrogens is 296 g/mol. The Morgan fingerprint density at radius 1 is 1.30 bits per heavy atom. The van der Waals surface area contributed by atoms with Crippen molar-refractivity contribution in [1.29, 1.82) is 0 Å². The van der Waals surface area contributed by atoms with E-state index in [9.17, 15) is 8.42 Å². The van der Waals surface area contributed by atoms with E-state index in [4.69, 9.17) is 11.6 Å². The van der Waals surface area contributed by atoms with E-state index in [2.05, 4.69) is 10.0 Å². The second kappa shape index (κ2) is 6.89. The van der Waals surface area contributed by atoms with Crippen molar-refractivity contribution in [1.82, 2.24) is 10.0 Å². The van der Waals surface area contributed by atoms with Gasteiger partial charge in [-0.15, -0.1) is 0 Å². The van der Waals surface area contributed by atoms with Crippen molar-refractivity contribution in [3.63, 3.8) is 0 Å². The summed E-state index contributed by atoms with van der Waals surface area (Å²) < 4.78 is 27.2. The third-order valence-electron chi connectivity index (χ3n) is 3.39. The molecule has 1 rings (SSSR count). The maximum atomic E-state index is 12.3. The maximum absolute atomic E-state index is 12.3. The van der Waals surface area contributed by atoms with E-state index in [-0.39, 0.29) is 10.3 Å². The number of nitrogens with one attached hydrogen (secondary N) is 2. The normalized spacial score (nSPS) is 12.7. The lowest BCUT2D eigenvalue weighted by molar-refractivity contribution is 0.350. The molecule has 0 unspecified atom stereocenters. The molecule has 0 aliphatic rings. The van der Waals surface area contributed by atoms with Crippen molar-refractivity contribution in [3.8, 4) is 0 Å². The van der Waals surface area contributed by atoms with Gasteiger partial charge in [-0.1, -0.05) is 32.4 Å². The van der Waals surface area contributed by atoms with Gasteiger partial charge in [-0.3, -0.25) is 0 Å². The van der Waals surface area contributed by atoms with E-state index >= 15 is 0 Å². The first-order chi connectivity index (χ1) is 9.22. The van der Waals surface area contributed by atoms with E-state index in [1.165, 1.54) is 6.07 Å². The van der Waals surface area contributed by atoms with Crippen molar-refractivity contribution < 1.29 is 8.42 Å². The van der Waals surface area contributed by atoms with Crippen molar-refractivity contribution in [2.24, 2.45) is 5.41 Å². The predicted molar refractivity (Wildman–Crippen MR) is 83.5 cm³/mol. The molecule has 114 valence electrons. The SMILES string of the molecule is CCC(C)(C)CNS(=O)(=O)c1ccc(Cl)c(CNC)c1. The minimum Gasteiger partial charge on any atom is -0.316 e. The Bertz CT molecular complexity index is 556. The molecule has 0 aliphatic heterocycles. The van der Waals surface area contributed by atoms with Crippen LogP contribution in [0.5, 0.6) is 0 Å². The van der Waals surface area contributed by atoms with Gasteiger partial charge in [0.25, 0.3) is 0 Å². The van der Waals surface area contributed by atoms with Crippen LogP contribution in [0.2, 0.25) is 5.02 Å². The first-order valence-electron chi connectivity index (χ1n) is 6.64. The molecule has 0 saturated heterocycles. The van der Waals surface area contributed by atoms with Crippen LogP contribution in [-0.2, 0) is 16.6 Å². The first-order valence-corrected chi connectivity index (χ1v) is 8.50. The smallest absolute Gasteiger partial charge is 0.240 e. The third kappa shape index (κ3) is 4.74. The molecule has 1 aromatic carbocycles. The summed E-state index contributed by atoms with van der Waals surface area (Å²) in [6, 6.07) is 4.76. The number of hydrogen-bond acceptors (Lipinski definition) is 3. The van der Waals surface area contributed by atoms with E-state index in [0.29, 0.717) is 18.1 Å². The van der Waals surface area contributed by atoms with Crippen LogP contribution in [0.4, 0.5) is 0 Å². The lowest BCUT2D eigenvalue weighted by Crippen LogP contribution is -2.33. The van der Waals surface area contributed by atoms with Crippen LogP contribution in [0.1, 0.15) is 32.8 Å². The highest BCUT2D eigenvalue weighted by molar-refractivity contribution is 7.89. The Hall–Kier alpha value is -0.620. The summed E-state index contributed by atoms with van der Waals surface area (Å²) in [6.45, 7) is 7.05. The predicted octanol–water partition coefficient (Wildman–Crippen LogP) is 2.77. The molecule has 0 aromatic heterocycles. The van der Waals surface area contributed by atoms with E-state index < -0.39 is 10.0 Å². The molecule has 0 aliphatic carbocycles. The zero-order valence-corrected chi connectivity index (χ0v) is 14.0. The van der Waals surface area contributed by atoms with Crippen LogP contribution in [-0.4, -0.2) is 22.0 Å². The average Bonchev–Trinajstić information content (AvgIpc) is 2.39. The Morgan fingerprint density at radius 2 is 1.95 bits per heavy atom. The highest BCUT2D eigenvalue weighted by atomic mass is 35.5. The summed E-state index contributed by atoms with van der Waals surface area (Å²) >= 11 is 6.04. The van der Waals surface area contributed by atoms with Gasteiger partial charge in [0.1, 0.15) is 0 Å². The van der Waals surface area contributed by atoms with E-state index in [1.54, 1.807) is 19.2 Å². The summed E-state index contributed by atoms with van der Waals surface area (Å²) in [7, 11) is -1.71. The van der Waals surface area contributed by atoms with Crippen molar-refractivity contribution in [3.05, 3.63) is 28.8 Å². The van der Waals surface area contributed by atoms with E-state index in [0.717, 1.165) is 12.0 Å². The lowest BCUT2D eigenvalue weighted by Gasteiger charge is -2.22. The molecule has 20 heavy (non-hydrogen) atoms. The van der Waals surface area contributed by atoms with Gasteiger partial charge >= 0.3 is 0 Å². The van der Waals surface area contributed by atoms with Crippen LogP contribution >= 0.6 is 11.6 Å². The summed E-state index contributed by atoms with van der Waals surface area (Å²) in [4.78, 5) is 0.249. The highest BCUT2D eigenvalue weighted by Gasteiger charge is 2.21. The quantitative estimate of drug-likeness (QED) is 0.812. The second-order valence-electron chi connectivity index (χ2n) is 5.63. The fourth-order valence-electron chi connectivity index (χ4n) is 1.54. The van der Waals surface area contributed by atoms with Gasteiger partial charge in [0, 0.05) is 18.1 Å². The number of rotatable bonds is 7. The van der Waals surface area contributed by atoms with Crippen LogP contribution in [0.25, 0.3) is 0 Å². The molecule has 1 aromatic rings. The second-order valence-corrected chi connectivity index (χ2v) is 7.80. The molecule has 0 spiro atoms. The maximum Gasteiger partial charge on any atom is 0.240 e. The van der Waals surface area contributed by atoms with E-state index in [1.807, 2.05) is 20.8 Å². The summed E-state index contributed by atoms with van der Waals surface area (Å²) in [5.74, 6) is 0. The molecule has 6 heteroatoms. The standard InChI is InChI=1S/C14H23ClN2O2S/c1-5-14(2,3)10-17-20(18,19)12-6-7-13(15)11(8-12)9-16-4/h6-8,16-17H,5,9-10H2,1-4H3. The van der Waals surface area contributed by atoms with Gasteiger partial charge in [-0.25, -0.2) is 13.1 Å². The van der Waals surface area contributed by atoms with Crippen LogP contribution in [0.3, 0.4) is 0 Å². The van der Waals surface area contributed by atoms with Crippen molar-refractivity contribution in [2.75, 3.05) is 13.6 Å². The van der Waals surface area contributed by atoms with Gasteiger partial charge in [-0.2, -0.15) is 0 Å². The Kier molecular flexibility index (Phi) is 6.01. The molecule has 0 heterocycles. The first kappa shape index (κ1) is 17.4. The zero-order valence-electron chi connectivity index (χ0n) is 12.5. The van der Waals surface area contributed by atoms with Gasteiger partial charge in [0.2, 0.25) is 10.0 Å². The Balaban J connectivity index is 2.95. The fourth-order valence-corrected chi connectivity index (χ4v) is 3.02. The summed E-state index contributed by atoms with van der Waals surface area (Å²) in [6.07, 6.45) is 0.904. The van der Waals surface area contributed by atoms with Crippen LogP contribution < -0.4 is 10.0 Å². The monoisotopic (exact) mass is 318 g/mol. The largest absolute Gasteiger partial charge is 0.316 e. The van der Waals surface area contributed by atoms with Gasteiger partial charge in [-0.05, 0) is 42.6 Å². The molecule has 0 atom stereocenters. The number of sulfonamides is 1. The topological polar surface area (TPSA) is 58.2 Å². The minimum absolute atomic E-state index is 0.0622. The number of benzene rings is 1. The van der Waals surface area contributed by atoms with Gasteiger partial charge in [0.05, 0.1) is 4.90 Å². The lowest BCUT2D eigenvalue weighted by atomic mass is 9.91. The van der Waals surface area contributed by atoms with Gasteiger partial charge in [0.15, 0.2) is 0 Å². The molecular formula is C14H23ClN2O2S. The summed E-state index contributed by atoms with van der Waals surface area (Å²) in [5, 5.41) is 3.53. The molecule has 0 saturated carbocycles. The molecule has 0 bridgehead atoms. The molecule has 0 fully saturated rings. The average molecular weight is 319 g/mol. The van der Waals surface area contributed by atoms with Crippen LogP contribution in [0, 0.1) is 5.41 Å². The fraction of sp³-hybridized carbons (Fsp3) is 0.571. The van der Waals surface area contributed by atoms with Gasteiger partial charge < -0.3 is 5.32 Å². The zero-order chi connectivity index (χ0) is 15.4. The molecule has 4 nitrogen and oxygen atoms in total. The Labute approximate surface area is 127 Å². The highest BCUT2D eigenvalue weighted by Crippen LogP contribution is 2.22. The Morgan fingerprint density at radius 3 is 2.50 bits per heavy atom. The van der Waals surface area contributed by atoms with Crippen molar-refractivity contribution in [2.45, 2.75) is 38.6 Å². The summed E-state index contributed by atoms with van der Waals surface area (Å²) in [5.41, 5.74) is 0.708. The van der Waals surface area contributed by atoms with Crippen LogP contribution in [0.15, 0.2) is 23.1 Å². The van der Waals surface area contributed by atoms with Crippen molar-refractivity contribution >= 4 is 21.6 Å². The molecule has 0 radical (unpaired) electrons. The number of hydrogen-bond donors (Lipinski definition) is 2. The number of halogens is 1. The molecule has 2 N–H and O–H groups in total.